The maximum Gasteiger partial charge on any atom is 0.170 e. The summed E-state index contributed by atoms with van der Waals surface area (Å²) in [6.45, 7) is 0. The number of ether oxygens (including phenoxy) is 1. The Kier molecular flexibility index (Phi) is 3.49. The van der Waals surface area contributed by atoms with Crippen LogP contribution in [0.2, 0.25) is 5.02 Å². The Morgan fingerprint density at radius 1 is 1.20 bits per heavy atom. The first-order chi connectivity index (χ1) is 9.69. The summed E-state index contributed by atoms with van der Waals surface area (Å²) < 4.78 is 5.30. The summed E-state index contributed by atoms with van der Waals surface area (Å²) in [5.41, 5.74) is 2.99. The first-order valence-electron chi connectivity index (χ1n) is 6.63. The van der Waals surface area contributed by atoms with Crippen LogP contribution in [0.5, 0.6) is 5.75 Å². The van der Waals surface area contributed by atoms with E-state index in [1.165, 1.54) is 0 Å². The molecule has 0 amide bonds. The Bertz CT molecular complexity index is 647. The molecular weight excluding hydrogens is 272 g/mol. The molecule has 0 saturated heterocycles. The van der Waals surface area contributed by atoms with Crippen molar-refractivity contribution in [1.82, 2.24) is 0 Å². The highest BCUT2D eigenvalue weighted by molar-refractivity contribution is 6.30. The number of Topliss-reactive ketones (excluding diaryl/α,β-unsaturated/α-hetero) is 1. The quantitative estimate of drug-likeness (QED) is 0.854. The highest BCUT2D eigenvalue weighted by Gasteiger charge is 2.32. The van der Waals surface area contributed by atoms with E-state index in [0.717, 1.165) is 34.6 Å². The van der Waals surface area contributed by atoms with Gasteiger partial charge in [0, 0.05) is 10.9 Å². The van der Waals surface area contributed by atoms with Gasteiger partial charge in [0.05, 0.1) is 12.7 Å². The molecule has 102 valence electrons. The van der Waals surface area contributed by atoms with Crippen molar-refractivity contribution in [3.8, 4) is 5.75 Å². The number of fused-ring (bicyclic) bond motifs is 1. The number of hydrogen-bond acceptors (Lipinski definition) is 2. The van der Waals surface area contributed by atoms with E-state index in [9.17, 15) is 4.79 Å². The third kappa shape index (κ3) is 2.32. The summed E-state index contributed by atoms with van der Waals surface area (Å²) >= 11 is 5.89. The number of benzene rings is 2. The molecule has 20 heavy (non-hydrogen) atoms. The molecule has 1 unspecified atom stereocenters. The van der Waals surface area contributed by atoms with Crippen molar-refractivity contribution in [2.45, 2.75) is 12.8 Å². The summed E-state index contributed by atoms with van der Waals surface area (Å²) in [4.78, 5) is 12.5. The standard InChI is InChI=1S/C17H15ClO2/c1-20-15-4-2-3-12-10-13(17(19)16(12)15)9-11-5-7-14(18)8-6-11/h2-8,13H,9-10H2,1H3. The van der Waals surface area contributed by atoms with Crippen LogP contribution in [0.25, 0.3) is 0 Å². The van der Waals surface area contributed by atoms with Crippen LogP contribution in [0.3, 0.4) is 0 Å². The van der Waals surface area contributed by atoms with E-state index in [4.69, 9.17) is 16.3 Å². The Morgan fingerprint density at radius 3 is 2.65 bits per heavy atom. The Labute approximate surface area is 123 Å². The van der Waals surface area contributed by atoms with E-state index in [0.29, 0.717) is 5.75 Å². The van der Waals surface area contributed by atoms with E-state index in [2.05, 4.69) is 0 Å². The second-order valence-electron chi connectivity index (χ2n) is 5.09. The highest BCUT2D eigenvalue weighted by atomic mass is 35.5. The maximum absolute atomic E-state index is 12.5. The van der Waals surface area contributed by atoms with Gasteiger partial charge in [-0.05, 0) is 42.2 Å². The van der Waals surface area contributed by atoms with Crippen LogP contribution in [0.1, 0.15) is 21.5 Å². The molecule has 0 saturated carbocycles. The molecule has 0 spiro atoms. The molecule has 0 heterocycles. The molecule has 2 aromatic carbocycles. The highest BCUT2D eigenvalue weighted by Crippen LogP contribution is 2.35. The Hall–Kier alpha value is -1.80. The van der Waals surface area contributed by atoms with Crippen LogP contribution in [-0.2, 0) is 12.8 Å². The van der Waals surface area contributed by atoms with E-state index in [1.807, 2.05) is 42.5 Å². The van der Waals surface area contributed by atoms with Gasteiger partial charge in [0.15, 0.2) is 5.78 Å². The minimum absolute atomic E-state index is 0.00229. The normalized spacial score (nSPS) is 17.1. The van der Waals surface area contributed by atoms with E-state index in [1.54, 1.807) is 7.11 Å². The van der Waals surface area contributed by atoms with Crippen LogP contribution in [-0.4, -0.2) is 12.9 Å². The number of ketones is 1. The lowest BCUT2D eigenvalue weighted by molar-refractivity contribution is 0.0933. The Balaban J connectivity index is 1.85. The lowest BCUT2D eigenvalue weighted by Crippen LogP contribution is -2.12. The molecule has 1 atom stereocenters. The van der Waals surface area contributed by atoms with Crippen LogP contribution >= 0.6 is 11.6 Å². The first-order valence-corrected chi connectivity index (χ1v) is 7.01. The molecule has 0 N–H and O–H groups in total. The van der Waals surface area contributed by atoms with E-state index < -0.39 is 0 Å². The number of carbonyl (C=O) groups is 1. The summed E-state index contributed by atoms with van der Waals surface area (Å²) in [7, 11) is 1.61. The molecule has 0 aromatic heterocycles. The topological polar surface area (TPSA) is 26.3 Å². The zero-order valence-corrected chi connectivity index (χ0v) is 12.0. The SMILES string of the molecule is COc1cccc2c1C(=O)C(Cc1ccc(Cl)cc1)C2. The van der Waals surface area contributed by atoms with Crippen LogP contribution in [0, 0.1) is 5.92 Å². The summed E-state index contributed by atoms with van der Waals surface area (Å²) in [5.74, 6) is 0.876. The predicted molar refractivity (Wildman–Crippen MR) is 79.7 cm³/mol. The van der Waals surface area contributed by atoms with Gasteiger partial charge in [-0.1, -0.05) is 35.9 Å². The molecule has 3 rings (SSSR count). The van der Waals surface area contributed by atoms with Crippen LogP contribution in [0.15, 0.2) is 42.5 Å². The van der Waals surface area contributed by atoms with Gasteiger partial charge in [-0.25, -0.2) is 0 Å². The van der Waals surface area contributed by atoms with Gasteiger partial charge >= 0.3 is 0 Å². The minimum atomic E-state index is 0.00229. The number of carbonyl (C=O) groups excluding carboxylic acids is 1. The molecular formula is C17H15ClO2. The van der Waals surface area contributed by atoms with Gasteiger partial charge in [-0.15, -0.1) is 0 Å². The van der Waals surface area contributed by atoms with E-state index in [-0.39, 0.29) is 11.7 Å². The molecule has 3 heteroatoms. The maximum atomic E-state index is 12.5. The lowest BCUT2D eigenvalue weighted by Gasteiger charge is -2.08. The van der Waals surface area contributed by atoms with Crippen molar-refractivity contribution in [3.05, 3.63) is 64.2 Å². The fourth-order valence-corrected chi connectivity index (χ4v) is 2.95. The van der Waals surface area contributed by atoms with Crippen LogP contribution in [0.4, 0.5) is 0 Å². The Morgan fingerprint density at radius 2 is 1.95 bits per heavy atom. The molecule has 2 aromatic rings. The average Bonchev–Trinajstić information content (AvgIpc) is 2.78. The first kappa shape index (κ1) is 13.2. The monoisotopic (exact) mass is 286 g/mol. The summed E-state index contributed by atoms with van der Waals surface area (Å²) in [6, 6.07) is 13.5. The van der Waals surface area contributed by atoms with Crippen molar-refractivity contribution in [3.63, 3.8) is 0 Å². The average molecular weight is 287 g/mol. The second-order valence-corrected chi connectivity index (χ2v) is 5.53. The molecule has 0 radical (unpaired) electrons. The molecule has 0 bridgehead atoms. The molecule has 0 aliphatic heterocycles. The molecule has 1 aliphatic carbocycles. The van der Waals surface area contributed by atoms with Gasteiger partial charge in [0.25, 0.3) is 0 Å². The van der Waals surface area contributed by atoms with E-state index >= 15 is 0 Å². The fourth-order valence-electron chi connectivity index (χ4n) is 2.83. The fraction of sp³-hybridized carbons (Fsp3) is 0.235. The molecule has 1 aliphatic rings. The van der Waals surface area contributed by atoms with Crippen molar-refractivity contribution >= 4 is 17.4 Å². The second kappa shape index (κ2) is 5.29. The van der Waals surface area contributed by atoms with Crippen molar-refractivity contribution in [1.29, 1.82) is 0 Å². The number of methoxy groups -OCH3 is 1. The van der Waals surface area contributed by atoms with Gasteiger partial charge in [0.2, 0.25) is 0 Å². The summed E-state index contributed by atoms with van der Waals surface area (Å²) in [5, 5.41) is 0.719. The smallest absolute Gasteiger partial charge is 0.170 e. The molecule has 2 nitrogen and oxygen atoms in total. The number of hydrogen-bond donors (Lipinski definition) is 0. The lowest BCUT2D eigenvalue weighted by atomic mass is 9.96. The third-order valence-corrected chi connectivity index (χ3v) is 4.06. The minimum Gasteiger partial charge on any atom is -0.496 e. The summed E-state index contributed by atoms with van der Waals surface area (Å²) in [6.07, 6.45) is 1.53. The van der Waals surface area contributed by atoms with Gasteiger partial charge in [-0.3, -0.25) is 4.79 Å². The predicted octanol–water partition coefficient (Wildman–Crippen LogP) is 3.95. The van der Waals surface area contributed by atoms with Crippen molar-refractivity contribution in [2.24, 2.45) is 5.92 Å². The van der Waals surface area contributed by atoms with Crippen molar-refractivity contribution < 1.29 is 9.53 Å². The third-order valence-electron chi connectivity index (χ3n) is 3.81. The van der Waals surface area contributed by atoms with Gasteiger partial charge in [0.1, 0.15) is 5.75 Å². The zero-order chi connectivity index (χ0) is 14.1. The zero-order valence-electron chi connectivity index (χ0n) is 11.2. The van der Waals surface area contributed by atoms with Crippen molar-refractivity contribution in [2.75, 3.05) is 7.11 Å². The van der Waals surface area contributed by atoms with Crippen LogP contribution < -0.4 is 4.74 Å². The number of rotatable bonds is 3. The van der Waals surface area contributed by atoms with Gasteiger partial charge < -0.3 is 4.74 Å². The largest absolute Gasteiger partial charge is 0.496 e. The molecule has 0 fully saturated rings. The number of halogens is 1. The van der Waals surface area contributed by atoms with Gasteiger partial charge in [-0.2, -0.15) is 0 Å².